The lowest BCUT2D eigenvalue weighted by Gasteiger charge is -2.31. The van der Waals surface area contributed by atoms with Crippen molar-refractivity contribution >= 4 is 56.6 Å². The van der Waals surface area contributed by atoms with Crippen LogP contribution in [0, 0.1) is 19.8 Å². The predicted molar refractivity (Wildman–Crippen MR) is 139 cm³/mol. The molecule has 2 aromatic heterocycles. The summed E-state index contributed by atoms with van der Waals surface area (Å²) in [5.74, 6) is -1.28. The molecule has 36 heavy (non-hydrogen) atoms. The van der Waals surface area contributed by atoms with Crippen molar-refractivity contribution < 1.29 is 19.1 Å². The summed E-state index contributed by atoms with van der Waals surface area (Å²) in [5.41, 5.74) is 1.54. The van der Waals surface area contributed by atoms with Crippen LogP contribution in [0.5, 0.6) is 0 Å². The molecule has 2 amide bonds. The van der Waals surface area contributed by atoms with E-state index in [1.165, 1.54) is 10.9 Å². The van der Waals surface area contributed by atoms with Gasteiger partial charge in [0.15, 0.2) is 0 Å². The molecule has 1 unspecified atom stereocenters. The number of amides is 2. The van der Waals surface area contributed by atoms with E-state index in [-0.39, 0.29) is 30.9 Å². The number of hydrogen-bond acceptors (Lipinski definition) is 7. The maximum absolute atomic E-state index is 13.3. The second-order valence-electron chi connectivity index (χ2n) is 8.77. The number of carbonyl (C=O) groups is 3. The summed E-state index contributed by atoms with van der Waals surface area (Å²) < 4.78 is 6.35. The average molecular weight is 531 g/mol. The summed E-state index contributed by atoms with van der Waals surface area (Å²) in [6.07, 6.45) is 2.69. The van der Waals surface area contributed by atoms with Crippen molar-refractivity contribution in [3.63, 3.8) is 0 Å². The number of thiophene rings is 1. The molecule has 1 saturated heterocycles. The number of benzene rings is 1. The van der Waals surface area contributed by atoms with Gasteiger partial charge in [-0.1, -0.05) is 17.7 Å². The molecule has 3 heterocycles. The summed E-state index contributed by atoms with van der Waals surface area (Å²) in [7, 11) is 0. The predicted octanol–water partition coefficient (Wildman–Crippen LogP) is 3.78. The van der Waals surface area contributed by atoms with E-state index in [1.807, 2.05) is 6.92 Å². The van der Waals surface area contributed by atoms with E-state index in [4.69, 9.17) is 16.3 Å². The highest BCUT2D eigenvalue weighted by Crippen LogP contribution is 2.30. The maximum Gasteiger partial charge on any atom is 0.310 e. The first kappa shape index (κ1) is 25.8. The molecule has 9 nitrogen and oxygen atoms in total. The average Bonchev–Trinajstić information content (AvgIpc) is 3.20. The highest BCUT2D eigenvalue weighted by Gasteiger charge is 2.31. The lowest BCUT2D eigenvalue weighted by atomic mass is 9.98. The molecule has 1 aromatic carbocycles. The van der Waals surface area contributed by atoms with Gasteiger partial charge in [0.05, 0.1) is 29.1 Å². The van der Waals surface area contributed by atoms with Crippen LogP contribution in [0.1, 0.15) is 40.6 Å². The van der Waals surface area contributed by atoms with Crippen LogP contribution in [0.15, 0.2) is 29.3 Å². The minimum atomic E-state index is -0.402. The second-order valence-corrected chi connectivity index (χ2v) is 10.2. The van der Waals surface area contributed by atoms with E-state index in [1.54, 1.807) is 36.9 Å². The van der Waals surface area contributed by atoms with Gasteiger partial charge < -0.3 is 15.0 Å². The number of hydrogen-bond donors (Lipinski definition) is 1. The largest absolute Gasteiger partial charge is 0.466 e. The Morgan fingerprint density at radius 3 is 2.78 bits per heavy atom. The Morgan fingerprint density at radius 2 is 2.06 bits per heavy atom. The van der Waals surface area contributed by atoms with Crippen molar-refractivity contribution in [3.05, 3.63) is 55.9 Å². The number of nitrogens with one attached hydrogen (secondary N) is 1. The smallest absolute Gasteiger partial charge is 0.310 e. The number of nitrogens with zero attached hydrogens (tertiary/aromatic N) is 3. The van der Waals surface area contributed by atoms with E-state index < -0.39 is 11.5 Å². The third-order valence-corrected chi connectivity index (χ3v) is 7.80. The van der Waals surface area contributed by atoms with Crippen molar-refractivity contribution in [2.24, 2.45) is 5.92 Å². The topological polar surface area (TPSA) is 111 Å². The number of anilines is 1. The van der Waals surface area contributed by atoms with Gasteiger partial charge >= 0.3 is 5.97 Å². The van der Waals surface area contributed by atoms with Gasteiger partial charge in [-0.2, -0.15) is 0 Å². The molecule has 0 aliphatic carbocycles. The van der Waals surface area contributed by atoms with Gasteiger partial charge in [-0.05, 0) is 56.9 Å². The summed E-state index contributed by atoms with van der Waals surface area (Å²) in [6, 6.07) is 5.17. The first-order valence-corrected chi connectivity index (χ1v) is 12.9. The fourth-order valence-corrected chi connectivity index (χ4v) is 5.55. The number of ether oxygens (including phenoxy) is 1. The number of carbonyl (C=O) groups excluding carboxylic acids is 3. The second kappa shape index (κ2) is 10.8. The molecule has 1 aliphatic heterocycles. The number of aryl methyl sites for hydroxylation is 2. The zero-order valence-corrected chi connectivity index (χ0v) is 21.9. The molecule has 1 N–H and O–H groups in total. The Labute approximate surface area is 217 Å². The first-order chi connectivity index (χ1) is 17.2. The fraction of sp³-hybridized carbons (Fsp3) is 0.400. The van der Waals surface area contributed by atoms with E-state index in [9.17, 15) is 19.2 Å². The van der Waals surface area contributed by atoms with Crippen LogP contribution in [0.4, 0.5) is 5.69 Å². The summed E-state index contributed by atoms with van der Waals surface area (Å²) >= 11 is 7.26. The SMILES string of the molecule is CCOC(=O)C1CCCN(C(=O)c2sc3ncn(CC(=O)Nc4ccc(C)c(Cl)c4)c(=O)c3c2C)C1. The van der Waals surface area contributed by atoms with Gasteiger partial charge in [0.2, 0.25) is 5.91 Å². The van der Waals surface area contributed by atoms with Crippen molar-refractivity contribution in [3.8, 4) is 0 Å². The highest BCUT2D eigenvalue weighted by atomic mass is 35.5. The van der Waals surface area contributed by atoms with Crippen molar-refractivity contribution in [1.29, 1.82) is 0 Å². The van der Waals surface area contributed by atoms with Crippen molar-refractivity contribution in [2.45, 2.75) is 40.2 Å². The molecule has 11 heteroatoms. The highest BCUT2D eigenvalue weighted by molar-refractivity contribution is 7.20. The zero-order valence-electron chi connectivity index (χ0n) is 20.3. The van der Waals surface area contributed by atoms with Crippen LogP contribution >= 0.6 is 22.9 Å². The molecule has 4 rings (SSSR count). The van der Waals surface area contributed by atoms with E-state index in [0.717, 1.165) is 16.9 Å². The standard InChI is InChI=1S/C25H27ClN4O5S/c1-4-35-25(34)16-6-5-9-29(11-16)24(33)21-15(3)20-22(36-21)27-13-30(23(20)32)12-19(31)28-17-8-7-14(2)18(26)10-17/h7-8,10,13,16H,4-6,9,11-12H2,1-3H3,(H,28,31). The molecule has 190 valence electrons. The molecule has 1 fully saturated rings. The Morgan fingerprint density at radius 1 is 1.28 bits per heavy atom. The molecular weight excluding hydrogens is 504 g/mol. The molecule has 0 radical (unpaired) electrons. The van der Waals surface area contributed by atoms with Gasteiger partial charge in [-0.25, -0.2) is 4.98 Å². The van der Waals surface area contributed by atoms with E-state index in [2.05, 4.69) is 10.3 Å². The number of aromatic nitrogens is 2. The van der Waals surface area contributed by atoms with E-state index in [0.29, 0.717) is 57.4 Å². The van der Waals surface area contributed by atoms with Gasteiger partial charge in [-0.15, -0.1) is 11.3 Å². The van der Waals surface area contributed by atoms with Gasteiger partial charge in [-0.3, -0.25) is 23.7 Å². The molecule has 3 aromatic rings. The van der Waals surface area contributed by atoms with Gasteiger partial charge in [0, 0.05) is 23.8 Å². The molecule has 0 saturated carbocycles. The summed E-state index contributed by atoms with van der Waals surface area (Å²) in [6.45, 7) is 6.20. The van der Waals surface area contributed by atoms with Crippen LogP contribution in [-0.4, -0.2) is 51.9 Å². The molecule has 0 bridgehead atoms. The number of rotatable bonds is 6. The van der Waals surface area contributed by atoms with Crippen LogP contribution in [0.2, 0.25) is 5.02 Å². The Balaban J connectivity index is 1.54. The molecule has 1 atom stereocenters. The number of fused-ring (bicyclic) bond motifs is 1. The number of likely N-dealkylation sites (tertiary alicyclic amines) is 1. The van der Waals surface area contributed by atoms with Crippen molar-refractivity contribution in [2.75, 3.05) is 25.0 Å². The third kappa shape index (κ3) is 5.29. The maximum atomic E-state index is 13.3. The molecule has 1 aliphatic rings. The normalized spacial score (nSPS) is 15.7. The van der Waals surface area contributed by atoms with Gasteiger partial charge in [0.25, 0.3) is 11.5 Å². The Bertz CT molecular complexity index is 1400. The first-order valence-electron chi connectivity index (χ1n) is 11.7. The third-order valence-electron chi connectivity index (χ3n) is 6.21. The lowest BCUT2D eigenvalue weighted by Crippen LogP contribution is -2.42. The van der Waals surface area contributed by atoms with Crippen molar-refractivity contribution in [1.82, 2.24) is 14.5 Å². The summed E-state index contributed by atoms with van der Waals surface area (Å²) in [4.78, 5) is 58.1. The number of esters is 1. The Hall–Kier alpha value is -3.24. The zero-order chi connectivity index (χ0) is 26.0. The molecule has 0 spiro atoms. The summed E-state index contributed by atoms with van der Waals surface area (Å²) in [5, 5.41) is 3.57. The number of halogens is 1. The fourth-order valence-electron chi connectivity index (χ4n) is 4.26. The lowest BCUT2D eigenvalue weighted by molar-refractivity contribution is -0.149. The van der Waals surface area contributed by atoms with Crippen LogP contribution in [-0.2, 0) is 20.9 Å². The van der Waals surface area contributed by atoms with Crippen LogP contribution in [0.3, 0.4) is 0 Å². The Kier molecular flexibility index (Phi) is 7.75. The quantitative estimate of drug-likeness (QED) is 0.485. The van der Waals surface area contributed by atoms with Crippen LogP contribution < -0.4 is 10.9 Å². The monoisotopic (exact) mass is 530 g/mol. The minimum absolute atomic E-state index is 0.232. The minimum Gasteiger partial charge on any atom is -0.466 e. The van der Waals surface area contributed by atoms with Gasteiger partial charge in [0.1, 0.15) is 11.4 Å². The molecular formula is C25H27ClN4O5S. The van der Waals surface area contributed by atoms with Crippen LogP contribution in [0.25, 0.3) is 10.2 Å². The van der Waals surface area contributed by atoms with E-state index >= 15 is 0 Å². The number of piperidine rings is 1.